The number of amides is 1. The summed E-state index contributed by atoms with van der Waals surface area (Å²) < 4.78 is 18.4. The Kier molecular flexibility index (Phi) is 6.66. The molecule has 0 bridgehead atoms. The summed E-state index contributed by atoms with van der Waals surface area (Å²) in [6.07, 6.45) is -0.147. The summed E-state index contributed by atoms with van der Waals surface area (Å²) >= 11 is 1.39. The molecule has 2 aromatic carbocycles. The first-order valence-corrected chi connectivity index (χ1v) is 9.84. The van der Waals surface area contributed by atoms with Crippen LogP contribution < -0.4 is 15.6 Å². The lowest BCUT2D eigenvalue weighted by atomic mass is 10.1. The molecule has 3 rings (SSSR count). The Bertz CT molecular complexity index is 1080. The number of nitrogens with one attached hydrogen (secondary N) is 2. The van der Waals surface area contributed by atoms with Crippen LogP contribution in [-0.2, 0) is 17.0 Å². The predicted molar refractivity (Wildman–Crippen MR) is 111 cm³/mol. The van der Waals surface area contributed by atoms with E-state index in [1.54, 1.807) is 20.1 Å². The van der Waals surface area contributed by atoms with Crippen LogP contribution >= 0.6 is 11.8 Å². The SMILES string of the molecule is COc1cccc(CSc2nc(C)c(CC(=O)Nc3cccc(F)c3)c(=O)[nH]2)c1. The summed E-state index contributed by atoms with van der Waals surface area (Å²) in [6.45, 7) is 1.69. The van der Waals surface area contributed by atoms with Crippen molar-refractivity contribution in [2.24, 2.45) is 0 Å². The van der Waals surface area contributed by atoms with Gasteiger partial charge < -0.3 is 15.0 Å². The van der Waals surface area contributed by atoms with E-state index in [1.165, 1.54) is 30.0 Å². The van der Waals surface area contributed by atoms with Crippen LogP contribution in [0.4, 0.5) is 10.1 Å². The average molecular weight is 413 g/mol. The highest BCUT2D eigenvalue weighted by Gasteiger charge is 2.13. The van der Waals surface area contributed by atoms with Gasteiger partial charge in [-0.05, 0) is 42.8 Å². The van der Waals surface area contributed by atoms with Crippen LogP contribution in [0.25, 0.3) is 0 Å². The molecule has 29 heavy (non-hydrogen) atoms. The van der Waals surface area contributed by atoms with Crippen LogP contribution in [0, 0.1) is 12.7 Å². The number of aromatic nitrogens is 2. The standard InChI is InChI=1S/C21H20FN3O3S/c1-13-18(11-19(26)24-16-7-4-6-15(22)10-16)20(27)25-21(23-13)29-12-14-5-3-8-17(9-14)28-2/h3-10H,11-12H2,1-2H3,(H,24,26)(H,23,25,27). The van der Waals surface area contributed by atoms with E-state index in [0.29, 0.717) is 22.3 Å². The maximum atomic E-state index is 13.2. The molecule has 0 saturated carbocycles. The molecule has 1 aromatic heterocycles. The zero-order valence-electron chi connectivity index (χ0n) is 16.0. The molecule has 2 N–H and O–H groups in total. The van der Waals surface area contributed by atoms with Crippen molar-refractivity contribution >= 4 is 23.4 Å². The second-order valence-electron chi connectivity index (χ2n) is 6.31. The van der Waals surface area contributed by atoms with Gasteiger partial charge in [0.05, 0.1) is 13.5 Å². The highest BCUT2D eigenvalue weighted by Crippen LogP contribution is 2.22. The summed E-state index contributed by atoms with van der Waals surface area (Å²) in [5, 5.41) is 3.06. The van der Waals surface area contributed by atoms with E-state index < -0.39 is 11.7 Å². The van der Waals surface area contributed by atoms with E-state index in [4.69, 9.17) is 4.74 Å². The van der Waals surface area contributed by atoms with E-state index in [2.05, 4.69) is 15.3 Å². The maximum Gasteiger partial charge on any atom is 0.255 e. The maximum absolute atomic E-state index is 13.2. The number of carbonyl (C=O) groups excluding carboxylic acids is 1. The zero-order chi connectivity index (χ0) is 20.8. The molecular formula is C21H20FN3O3S. The summed E-state index contributed by atoms with van der Waals surface area (Å²) in [4.78, 5) is 31.8. The molecule has 0 spiro atoms. The quantitative estimate of drug-likeness (QED) is 0.456. The van der Waals surface area contributed by atoms with Crippen molar-refractivity contribution in [1.29, 1.82) is 0 Å². The molecular weight excluding hydrogens is 393 g/mol. The molecule has 8 heteroatoms. The van der Waals surface area contributed by atoms with Gasteiger partial charge in [0.25, 0.3) is 5.56 Å². The van der Waals surface area contributed by atoms with E-state index in [0.717, 1.165) is 11.3 Å². The van der Waals surface area contributed by atoms with Crippen molar-refractivity contribution < 1.29 is 13.9 Å². The van der Waals surface area contributed by atoms with Crippen molar-refractivity contribution in [2.75, 3.05) is 12.4 Å². The molecule has 3 aromatic rings. The van der Waals surface area contributed by atoms with E-state index in [-0.39, 0.29) is 17.5 Å². The summed E-state index contributed by atoms with van der Waals surface area (Å²) in [5.41, 5.74) is 1.77. The third kappa shape index (κ3) is 5.68. The van der Waals surface area contributed by atoms with Crippen molar-refractivity contribution in [3.63, 3.8) is 0 Å². The molecule has 0 aliphatic carbocycles. The second kappa shape index (κ2) is 9.38. The largest absolute Gasteiger partial charge is 0.497 e. The molecule has 0 atom stereocenters. The van der Waals surface area contributed by atoms with Gasteiger partial charge >= 0.3 is 0 Å². The third-order valence-corrected chi connectivity index (χ3v) is 5.10. The first-order chi connectivity index (χ1) is 13.9. The van der Waals surface area contributed by atoms with Crippen molar-refractivity contribution in [2.45, 2.75) is 24.3 Å². The van der Waals surface area contributed by atoms with Crippen molar-refractivity contribution in [3.05, 3.63) is 81.5 Å². The third-order valence-electron chi connectivity index (χ3n) is 4.16. The number of rotatable bonds is 7. The molecule has 0 unspecified atom stereocenters. The van der Waals surface area contributed by atoms with Crippen LogP contribution in [0.5, 0.6) is 5.75 Å². The Morgan fingerprint density at radius 3 is 2.76 bits per heavy atom. The van der Waals surface area contributed by atoms with E-state index in [9.17, 15) is 14.0 Å². The molecule has 0 radical (unpaired) electrons. The average Bonchev–Trinajstić information content (AvgIpc) is 2.69. The molecule has 150 valence electrons. The monoisotopic (exact) mass is 413 g/mol. The number of H-pyrrole nitrogens is 1. The first kappa shape index (κ1) is 20.6. The number of aryl methyl sites for hydroxylation is 1. The number of hydrogen-bond acceptors (Lipinski definition) is 5. The van der Waals surface area contributed by atoms with Gasteiger partial charge in [0.15, 0.2) is 5.16 Å². The molecule has 0 aliphatic heterocycles. The van der Waals surface area contributed by atoms with E-state index >= 15 is 0 Å². The number of ether oxygens (including phenoxy) is 1. The minimum atomic E-state index is -0.448. The Morgan fingerprint density at radius 2 is 2.03 bits per heavy atom. The van der Waals surface area contributed by atoms with Crippen LogP contribution in [-0.4, -0.2) is 23.0 Å². The number of aromatic amines is 1. The summed E-state index contributed by atoms with van der Waals surface area (Å²) in [5.74, 6) is 0.512. The molecule has 6 nitrogen and oxygen atoms in total. The lowest BCUT2D eigenvalue weighted by Gasteiger charge is -2.09. The number of hydrogen-bond donors (Lipinski definition) is 2. The molecule has 0 fully saturated rings. The normalized spacial score (nSPS) is 10.6. The lowest BCUT2D eigenvalue weighted by molar-refractivity contribution is -0.115. The number of carbonyl (C=O) groups is 1. The van der Waals surface area contributed by atoms with Crippen LogP contribution in [0.15, 0.2) is 58.5 Å². The predicted octanol–water partition coefficient (Wildman–Crippen LogP) is 3.70. The van der Waals surface area contributed by atoms with Gasteiger partial charge in [-0.15, -0.1) is 0 Å². The highest BCUT2D eigenvalue weighted by atomic mass is 32.2. The summed E-state index contributed by atoms with van der Waals surface area (Å²) in [7, 11) is 1.61. The molecule has 0 saturated heterocycles. The van der Waals surface area contributed by atoms with Crippen LogP contribution in [0.1, 0.15) is 16.8 Å². The number of thioether (sulfide) groups is 1. The number of anilines is 1. The van der Waals surface area contributed by atoms with Gasteiger partial charge in [-0.1, -0.05) is 30.0 Å². The minimum Gasteiger partial charge on any atom is -0.497 e. The summed E-state index contributed by atoms with van der Waals surface area (Å²) in [6, 6.07) is 13.2. The minimum absolute atomic E-state index is 0.147. The fourth-order valence-corrected chi connectivity index (χ4v) is 3.56. The van der Waals surface area contributed by atoms with Crippen LogP contribution in [0.3, 0.4) is 0 Å². The highest BCUT2D eigenvalue weighted by molar-refractivity contribution is 7.98. The second-order valence-corrected chi connectivity index (χ2v) is 7.27. The fourth-order valence-electron chi connectivity index (χ4n) is 2.71. The molecule has 0 aliphatic rings. The number of benzene rings is 2. The number of halogens is 1. The van der Waals surface area contributed by atoms with Gasteiger partial charge in [0, 0.05) is 22.7 Å². The van der Waals surface area contributed by atoms with Crippen molar-refractivity contribution in [3.8, 4) is 5.75 Å². The van der Waals surface area contributed by atoms with Gasteiger partial charge in [0.2, 0.25) is 5.91 Å². The van der Waals surface area contributed by atoms with Gasteiger partial charge in [-0.2, -0.15) is 0 Å². The topological polar surface area (TPSA) is 84.1 Å². The van der Waals surface area contributed by atoms with Gasteiger partial charge in [0.1, 0.15) is 11.6 Å². The van der Waals surface area contributed by atoms with Crippen LogP contribution in [0.2, 0.25) is 0 Å². The van der Waals surface area contributed by atoms with Gasteiger partial charge in [-0.25, -0.2) is 9.37 Å². The van der Waals surface area contributed by atoms with Crippen molar-refractivity contribution in [1.82, 2.24) is 9.97 Å². The zero-order valence-corrected chi connectivity index (χ0v) is 16.8. The Balaban J connectivity index is 1.67. The molecule has 1 heterocycles. The lowest BCUT2D eigenvalue weighted by Crippen LogP contribution is -2.23. The Morgan fingerprint density at radius 1 is 1.24 bits per heavy atom. The van der Waals surface area contributed by atoms with Gasteiger partial charge in [-0.3, -0.25) is 9.59 Å². The number of nitrogens with zero attached hydrogens (tertiary/aromatic N) is 1. The Hall–Kier alpha value is -3.13. The smallest absolute Gasteiger partial charge is 0.255 e. The number of methoxy groups -OCH3 is 1. The first-order valence-electron chi connectivity index (χ1n) is 8.85. The fraction of sp³-hybridized carbons (Fsp3) is 0.190. The van der Waals surface area contributed by atoms with E-state index in [1.807, 2.05) is 24.3 Å². The Labute approximate surface area is 171 Å². The molecule has 1 amide bonds.